The van der Waals surface area contributed by atoms with Gasteiger partial charge in [0.25, 0.3) is 5.69 Å². The van der Waals surface area contributed by atoms with Crippen LogP contribution in [-0.4, -0.2) is 27.4 Å². The zero-order chi connectivity index (χ0) is 14.5. The number of nitrogens with zero attached hydrogens (tertiary/aromatic N) is 3. The molecule has 2 aromatic rings. The fourth-order valence-corrected chi connectivity index (χ4v) is 2.19. The third-order valence-corrected chi connectivity index (χ3v) is 3.42. The first-order valence-corrected chi connectivity index (χ1v) is 6.74. The van der Waals surface area contributed by atoms with Gasteiger partial charge in [-0.05, 0) is 19.1 Å². The minimum absolute atomic E-state index is 0.102. The van der Waals surface area contributed by atoms with Gasteiger partial charge in [-0.25, -0.2) is 0 Å². The Labute approximate surface area is 118 Å². The van der Waals surface area contributed by atoms with E-state index in [4.69, 9.17) is 0 Å². The number of aromatic nitrogens is 2. The maximum Gasteiger partial charge on any atom is 0.293 e. The number of benzene rings is 1. The van der Waals surface area contributed by atoms with Crippen molar-refractivity contribution in [2.45, 2.75) is 13.3 Å². The molecular weight excluding hydrogens is 280 g/mol. The lowest BCUT2D eigenvalue weighted by molar-refractivity contribution is -0.384. The van der Waals surface area contributed by atoms with E-state index < -0.39 is 4.92 Å². The average Bonchev–Trinajstić information content (AvgIpc) is 2.91. The lowest BCUT2D eigenvalue weighted by Crippen LogP contribution is -2.07. The fourth-order valence-electron chi connectivity index (χ4n) is 1.66. The molecule has 1 aromatic heterocycles. The van der Waals surface area contributed by atoms with Gasteiger partial charge in [-0.2, -0.15) is 0 Å². The number of nitro groups is 1. The van der Waals surface area contributed by atoms with Crippen LogP contribution in [0.15, 0.2) is 23.7 Å². The molecule has 0 aliphatic carbocycles. The summed E-state index contributed by atoms with van der Waals surface area (Å²) >= 11 is 1.43. The van der Waals surface area contributed by atoms with Gasteiger partial charge >= 0.3 is 0 Å². The Balaban J connectivity index is 2.10. The molecule has 0 atom stereocenters. The molecule has 0 saturated carbocycles. The summed E-state index contributed by atoms with van der Waals surface area (Å²) in [6, 6.07) is 4.41. The van der Waals surface area contributed by atoms with E-state index in [0.717, 1.165) is 5.01 Å². The molecule has 8 heteroatoms. The molecule has 1 N–H and O–H groups in total. The van der Waals surface area contributed by atoms with Crippen molar-refractivity contribution in [2.75, 3.05) is 11.9 Å². The Morgan fingerprint density at radius 1 is 1.50 bits per heavy atom. The predicted octanol–water partition coefficient (Wildman–Crippen LogP) is 2.30. The van der Waals surface area contributed by atoms with Crippen LogP contribution in [0, 0.1) is 10.1 Å². The first-order chi connectivity index (χ1) is 9.58. The van der Waals surface area contributed by atoms with Crippen molar-refractivity contribution < 1.29 is 9.72 Å². The highest BCUT2D eigenvalue weighted by molar-refractivity contribution is 7.09. The molecule has 104 valence electrons. The quantitative estimate of drug-likeness (QED) is 0.498. The Kier molecular flexibility index (Phi) is 4.36. The van der Waals surface area contributed by atoms with Crippen LogP contribution >= 0.6 is 11.3 Å². The smallest absolute Gasteiger partial charge is 0.293 e. The zero-order valence-corrected chi connectivity index (χ0v) is 11.5. The molecule has 20 heavy (non-hydrogen) atoms. The SMILES string of the molecule is CC(=O)c1ccc(NCCc2nncs2)c([N+](=O)[O-])c1. The van der Waals surface area contributed by atoms with Crippen LogP contribution in [0.3, 0.4) is 0 Å². The van der Waals surface area contributed by atoms with Crippen LogP contribution < -0.4 is 5.32 Å². The topological polar surface area (TPSA) is 98.0 Å². The summed E-state index contributed by atoms with van der Waals surface area (Å²) in [5.41, 5.74) is 2.25. The molecule has 0 radical (unpaired) electrons. The Hall–Kier alpha value is -2.35. The number of Topliss-reactive ketones (excluding diaryl/α,β-unsaturated/α-hetero) is 1. The van der Waals surface area contributed by atoms with Crippen molar-refractivity contribution in [3.05, 3.63) is 44.4 Å². The lowest BCUT2D eigenvalue weighted by Gasteiger charge is -2.07. The number of hydrogen-bond donors (Lipinski definition) is 1. The van der Waals surface area contributed by atoms with E-state index >= 15 is 0 Å². The Morgan fingerprint density at radius 2 is 2.30 bits per heavy atom. The fraction of sp³-hybridized carbons (Fsp3) is 0.250. The van der Waals surface area contributed by atoms with Crippen molar-refractivity contribution in [1.82, 2.24) is 10.2 Å². The van der Waals surface area contributed by atoms with Gasteiger partial charge in [0, 0.05) is 24.6 Å². The van der Waals surface area contributed by atoms with Crippen LogP contribution in [0.25, 0.3) is 0 Å². The van der Waals surface area contributed by atoms with Gasteiger partial charge in [-0.1, -0.05) is 0 Å². The maximum atomic E-state index is 11.2. The molecule has 0 bridgehead atoms. The molecule has 1 heterocycles. The zero-order valence-electron chi connectivity index (χ0n) is 10.7. The van der Waals surface area contributed by atoms with E-state index in [2.05, 4.69) is 15.5 Å². The molecule has 2 rings (SSSR count). The van der Waals surface area contributed by atoms with Crippen molar-refractivity contribution in [1.29, 1.82) is 0 Å². The second-order valence-corrected chi connectivity index (χ2v) is 4.97. The Bertz CT molecular complexity index is 628. The lowest BCUT2D eigenvalue weighted by atomic mass is 10.1. The summed E-state index contributed by atoms with van der Waals surface area (Å²) in [4.78, 5) is 21.8. The molecule has 0 amide bonds. The highest BCUT2D eigenvalue weighted by Crippen LogP contribution is 2.25. The first kappa shape index (κ1) is 14.1. The van der Waals surface area contributed by atoms with Gasteiger partial charge < -0.3 is 5.32 Å². The minimum atomic E-state index is -0.500. The molecule has 0 fully saturated rings. The summed E-state index contributed by atoms with van der Waals surface area (Å²) in [7, 11) is 0. The van der Waals surface area contributed by atoms with Crippen LogP contribution in [0.1, 0.15) is 22.3 Å². The second kappa shape index (κ2) is 6.20. The van der Waals surface area contributed by atoms with Crippen molar-refractivity contribution in [3.63, 3.8) is 0 Å². The van der Waals surface area contributed by atoms with Crippen LogP contribution in [0.5, 0.6) is 0 Å². The number of hydrogen-bond acceptors (Lipinski definition) is 7. The van der Waals surface area contributed by atoms with Crippen LogP contribution in [-0.2, 0) is 6.42 Å². The molecule has 0 saturated heterocycles. The highest BCUT2D eigenvalue weighted by Gasteiger charge is 2.15. The van der Waals surface area contributed by atoms with Crippen molar-refractivity contribution in [2.24, 2.45) is 0 Å². The van der Waals surface area contributed by atoms with E-state index in [1.807, 2.05) is 0 Å². The molecule has 0 spiro atoms. The van der Waals surface area contributed by atoms with Gasteiger partial charge in [0.15, 0.2) is 5.78 Å². The van der Waals surface area contributed by atoms with E-state index in [-0.39, 0.29) is 11.5 Å². The monoisotopic (exact) mass is 292 g/mol. The van der Waals surface area contributed by atoms with Gasteiger partial charge in [0.1, 0.15) is 16.2 Å². The summed E-state index contributed by atoms with van der Waals surface area (Å²) in [6.45, 7) is 1.89. The largest absolute Gasteiger partial charge is 0.379 e. The second-order valence-electron chi connectivity index (χ2n) is 4.05. The number of rotatable bonds is 6. The Morgan fingerprint density at radius 3 is 2.90 bits per heavy atom. The predicted molar refractivity (Wildman–Crippen MR) is 75.2 cm³/mol. The summed E-state index contributed by atoms with van der Waals surface area (Å²) in [5, 5.41) is 22.5. The van der Waals surface area contributed by atoms with Crippen molar-refractivity contribution in [3.8, 4) is 0 Å². The number of anilines is 1. The molecule has 7 nitrogen and oxygen atoms in total. The summed E-state index contributed by atoms with van der Waals surface area (Å²) < 4.78 is 0. The van der Waals surface area contributed by atoms with E-state index in [1.54, 1.807) is 17.6 Å². The number of carbonyl (C=O) groups excluding carboxylic acids is 1. The number of ketones is 1. The van der Waals surface area contributed by atoms with Gasteiger partial charge in [-0.3, -0.25) is 14.9 Å². The molecular formula is C12H12N4O3S. The van der Waals surface area contributed by atoms with Crippen LogP contribution in [0.4, 0.5) is 11.4 Å². The summed E-state index contributed by atoms with van der Waals surface area (Å²) in [6.07, 6.45) is 0.635. The van der Waals surface area contributed by atoms with E-state index in [9.17, 15) is 14.9 Å². The first-order valence-electron chi connectivity index (χ1n) is 5.86. The van der Waals surface area contributed by atoms with Gasteiger partial charge in [0.2, 0.25) is 0 Å². The van der Waals surface area contributed by atoms with Crippen molar-refractivity contribution >= 4 is 28.5 Å². The minimum Gasteiger partial charge on any atom is -0.379 e. The van der Waals surface area contributed by atoms with E-state index in [0.29, 0.717) is 24.2 Å². The molecule has 1 aromatic carbocycles. The number of carbonyl (C=O) groups is 1. The highest BCUT2D eigenvalue weighted by atomic mass is 32.1. The number of nitro benzene ring substituents is 1. The van der Waals surface area contributed by atoms with Crippen LogP contribution in [0.2, 0.25) is 0 Å². The maximum absolute atomic E-state index is 11.2. The van der Waals surface area contributed by atoms with Gasteiger partial charge in [0.05, 0.1) is 4.92 Å². The van der Waals surface area contributed by atoms with E-state index in [1.165, 1.54) is 24.3 Å². The molecule has 0 unspecified atom stereocenters. The normalized spacial score (nSPS) is 10.2. The average molecular weight is 292 g/mol. The molecule has 0 aliphatic heterocycles. The summed E-state index contributed by atoms with van der Waals surface area (Å²) in [5.74, 6) is -0.200. The third kappa shape index (κ3) is 3.35. The standard InChI is InChI=1S/C12H12N4O3S/c1-8(17)9-2-3-10(11(6-9)16(18)19)13-5-4-12-15-14-7-20-12/h2-3,6-7,13H,4-5H2,1H3. The number of nitrogens with one attached hydrogen (secondary N) is 1. The molecule has 0 aliphatic rings. The van der Waals surface area contributed by atoms with Gasteiger partial charge in [-0.15, -0.1) is 21.5 Å². The third-order valence-electron chi connectivity index (χ3n) is 2.66.